The van der Waals surface area contributed by atoms with Crippen LogP contribution < -0.4 is 5.73 Å². The number of nitrogen functional groups attached to an aromatic ring is 1. The van der Waals surface area contributed by atoms with Crippen LogP contribution in [-0.4, -0.2) is 35.8 Å². The minimum Gasteiger partial charge on any atom is -0.481 e. The summed E-state index contributed by atoms with van der Waals surface area (Å²) in [4.78, 5) is 21.0. The number of nitrogens with zero attached hydrogens (tertiary/aromatic N) is 5. The van der Waals surface area contributed by atoms with Crippen molar-refractivity contribution in [2.24, 2.45) is 0 Å². The van der Waals surface area contributed by atoms with Gasteiger partial charge in [0.25, 0.3) is 0 Å². The highest BCUT2D eigenvalue weighted by Crippen LogP contribution is 2.33. The van der Waals surface area contributed by atoms with E-state index in [1.165, 1.54) is 22.7 Å². The number of thiophene rings is 1. The summed E-state index contributed by atoms with van der Waals surface area (Å²) >= 11 is 8.89. The lowest BCUT2D eigenvalue weighted by Crippen LogP contribution is -2.15. The molecule has 0 bridgehead atoms. The van der Waals surface area contributed by atoms with Gasteiger partial charge in [-0.3, -0.25) is 4.79 Å². The van der Waals surface area contributed by atoms with Gasteiger partial charge in [-0.05, 0) is 30.2 Å². The molecule has 11 heteroatoms. The Kier molecular flexibility index (Phi) is 5.56. The summed E-state index contributed by atoms with van der Waals surface area (Å²) in [7, 11) is 0. The number of imidazole rings is 1. The minimum atomic E-state index is -0.945. The fourth-order valence-electron chi connectivity index (χ4n) is 2.76. The van der Waals surface area contributed by atoms with Crippen LogP contribution in [0.5, 0.6) is 0 Å². The van der Waals surface area contributed by atoms with Crippen molar-refractivity contribution in [3.8, 4) is 9.88 Å². The smallest absolute Gasteiger partial charge is 0.312 e. The first-order valence-electron chi connectivity index (χ1n) is 8.51. The average molecular weight is 447 g/mol. The summed E-state index contributed by atoms with van der Waals surface area (Å²) in [5.41, 5.74) is 6.84. The van der Waals surface area contributed by atoms with Crippen molar-refractivity contribution in [2.45, 2.75) is 18.9 Å². The number of anilines is 1. The van der Waals surface area contributed by atoms with E-state index < -0.39 is 11.9 Å². The third kappa shape index (κ3) is 4.61. The maximum Gasteiger partial charge on any atom is 0.312 e. The third-order valence-electron chi connectivity index (χ3n) is 4.16. The van der Waals surface area contributed by atoms with Gasteiger partial charge in [-0.1, -0.05) is 29.0 Å². The number of carboxylic acids is 1. The van der Waals surface area contributed by atoms with E-state index in [-0.39, 0.29) is 6.42 Å². The third-order valence-corrected chi connectivity index (χ3v) is 6.47. The molecule has 3 N–H and O–H groups in total. The Morgan fingerprint density at radius 2 is 2.07 bits per heavy atom. The zero-order valence-electron chi connectivity index (χ0n) is 14.9. The van der Waals surface area contributed by atoms with E-state index in [4.69, 9.17) is 17.3 Å². The van der Waals surface area contributed by atoms with E-state index in [2.05, 4.69) is 20.2 Å². The Labute approximate surface area is 178 Å². The summed E-state index contributed by atoms with van der Waals surface area (Å²) in [5, 5.41) is 19.7. The van der Waals surface area contributed by atoms with Crippen LogP contribution in [0.1, 0.15) is 22.2 Å². The van der Waals surface area contributed by atoms with Crippen LogP contribution in [0.15, 0.2) is 43.0 Å². The Balaban J connectivity index is 1.48. The second-order valence-electron chi connectivity index (χ2n) is 6.26. The van der Waals surface area contributed by atoms with Crippen LogP contribution >= 0.6 is 34.3 Å². The number of carbonyl (C=O) groups is 1. The molecule has 0 aliphatic carbocycles. The average Bonchev–Trinajstić information content (AvgIpc) is 3.43. The molecule has 0 spiro atoms. The van der Waals surface area contributed by atoms with Crippen molar-refractivity contribution in [3.05, 3.63) is 63.6 Å². The highest BCUT2D eigenvalue weighted by Gasteiger charge is 2.23. The van der Waals surface area contributed by atoms with Gasteiger partial charge >= 0.3 is 5.97 Å². The van der Waals surface area contributed by atoms with Crippen molar-refractivity contribution in [1.29, 1.82) is 0 Å². The Morgan fingerprint density at radius 3 is 2.76 bits per heavy atom. The van der Waals surface area contributed by atoms with Crippen molar-refractivity contribution < 1.29 is 9.90 Å². The van der Waals surface area contributed by atoms with E-state index in [0.717, 1.165) is 20.5 Å². The van der Waals surface area contributed by atoms with Crippen LogP contribution in [0.2, 0.25) is 4.34 Å². The van der Waals surface area contributed by atoms with Crippen LogP contribution in [0.25, 0.3) is 9.88 Å². The summed E-state index contributed by atoms with van der Waals surface area (Å²) < 4.78 is 2.50. The lowest BCUT2D eigenvalue weighted by molar-refractivity contribution is -0.138. The molecule has 0 aromatic carbocycles. The van der Waals surface area contributed by atoms with Crippen molar-refractivity contribution in [3.63, 3.8) is 0 Å². The SMILES string of the molecule is Nc1ccc(CC(C(=O)O)c2cn(Cc3nnc(-c4ccc(Cl)s4)s3)cn2)cn1. The maximum atomic E-state index is 11.8. The topological polar surface area (TPSA) is 120 Å². The van der Waals surface area contributed by atoms with Gasteiger partial charge in [-0.25, -0.2) is 9.97 Å². The largest absolute Gasteiger partial charge is 0.481 e. The zero-order chi connectivity index (χ0) is 20.4. The number of aliphatic carboxylic acids is 1. The van der Waals surface area contributed by atoms with Crippen molar-refractivity contribution in [1.82, 2.24) is 24.7 Å². The molecular weight excluding hydrogens is 432 g/mol. The molecule has 0 aliphatic heterocycles. The number of rotatable bonds is 7. The molecule has 4 rings (SSSR count). The molecule has 0 amide bonds. The Bertz CT molecular complexity index is 1140. The van der Waals surface area contributed by atoms with Crippen LogP contribution in [-0.2, 0) is 17.8 Å². The molecule has 4 aromatic rings. The lowest BCUT2D eigenvalue weighted by Gasteiger charge is -2.09. The summed E-state index contributed by atoms with van der Waals surface area (Å²) in [6.07, 6.45) is 5.20. The molecule has 4 heterocycles. The van der Waals surface area contributed by atoms with E-state index in [0.29, 0.717) is 22.4 Å². The van der Waals surface area contributed by atoms with Crippen molar-refractivity contribution in [2.75, 3.05) is 5.73 Å². The first kappa shape index (κ1) is 19.5. The molecular formula is C18H15ClN6O2S2. The predicted octanol–water partition coefficient (Wildman–Crippen LogP) is 3.55. The number of halogens is 1. The van der Waals surface area contributed by atoms with Crippen molar-refractivity contribution >= 4 is 46.1 Å². The fourth-order valence-corrected chi connectivity index (χ4v) is 4.70. The Morgan fingerprint density at radius 1 is 1.21 bits per heavy atom. The summed E-state index contributed by atoms with van der Waals surface area (Å²) in [6, 6.07) is 7.17. The molecule has 4 aromatic heterocycles. The maximum absolute atomic E-state index is 11.8. The molecule has 0 radical (unpaired) electrons. The molecule has 0 aliphatic rings. The van der Waals surface area contributed by atoms with Gasteiger partial charge in [0.1, 0.15) is 16.7 Å². The second kappa shape index (κ2) is 8.27. The van der Waals surface area contributed by atoms with Gasteiger partial charge in [0.2, 0.25) is 0 Å². The number of nitrogens with two attached hydrogens (primary N) is 1. The van der Waals surface area contributed by atoms with Crippen LogP contribution in [0.4, 0.5) is 5.82 Å². The molecule has 1 unspecified atom stereocenters. The van der Waals surface area contributed by atoms with E-state index >= 15 is 0 Å². The fraction of sp³-hybridized carbons (Fsp3) is 0.167. The minimum absolute atomic E-state index is 0.279. The standard InChI is InChI=1S/C18H15ClN6O2S2/c19-14-3-2-13(28-14)17-24-23-16(29-17)8-25-7-12(22-9-25)11(18(26)27)5-10-1-4-15(20)21-6-10/h1-4,6-7,9,11H,5,8H2,(H2,20,21)(H,26,27). The van der Waals surface area contributed by atoms with Gasteiger partial charge in [0, 0.05) is 12.4 Å². The monoisotopic (exact) mass is 446 g/mol. The van der Waals surface area contributed by atoms with Gasteiger partial charge in [-0.15, -0.1) is 21.5 Å². The van der Waals surface area contributed by atoms with Gasteiger partial charge in [0.05, 0.1) is 27.8 Å². The number of carboxylic acid groups (broad SMARTS) is 1. The van der Waals surface area contributed by atoms with Crippen LogP contribution in [0.3, 0.4) is 0 Å². The first-order valence-corrected chi connectivity index (χ1v) is 10.5. The number of hydrogen-bond acceptors (Lipinski definition) is 8. The molecule has 0 saturated carbocycles. The van der Waals surface area contributed by atoms with Gasteiger partial charge in [-0.2, -0.15) is 0 Å². The quantitative estimate of drug-likeness (QED) is 0.445. The zero-order valence-corrected chi connectivity index (χ0v) is 17.3. The van der Waals surface area contributed by atoms with Crippen LogP contribution in [0, 0.1) is 0 Å². The highest BCUT2D eigenvalue weighted by atomic mass is 35.5. The number of aromatic nitrogens is 5. The molecule has 0 saturated heterocycles. The molecule has 1 atom stereocenters. The molecule has 0 fully saturated rings. The van der Waals surface area contributed by atoms with E-state index in [9.17, 15) is 9.90 Å². The predicted molar refractivity (Wildman–Crippen MR) is 112 cm³/mol. The molecule has 148 valence electrons. The Hall–Kier alpha value is -2.82. The molecule has 8 nitrogen and oxygen atoms in total. The second-order valence-corrected chi connectivity index (χ2v) is 9.04. The van der Waals surface area contributed by atoms with Gasteiger partial charge in [0.15, 0.2) is 5.01 Å². The summed E-state index contributed by atoms with van der Waals surface area (Å²) in [6.45, 7) is 0.458. The van der Waals surface area contributed by atoms with E-state index in [1.54, 1.807) is 35.4 Å². The first-order chi connectivity index (χ1) is 14.0. The lowest BCUT2D eigenvalue weighted by atomic mass is 9.98. The normalized spacial score (nSPS) is 12.2. The molecule has 29 heavy (non-hydrogen) atoms. The number of hydrogen-bond donors (Lipinski definition) is 2. The van der Waals surface area contributed by atoms with E-state index in [1.807, 2.05) is 12.1 Å². The highest BCUT2D eigenvalue weighted by molar-refractivity contribution is 7.23. The number of pyridine rings is 1. The summed E-state index contributed by atoms with van der Waals surface area (Å²) in [5.74, 6) is -1.33. The van der Waals surface area contributed by atoms with Gasteiger partial charge < -0.3 is 15.4 Å².